The molecule has 0 aliphatic rings. The second-order valence-electron chi connectivity index (χ2n) is 7.99. The van der Waals surface area contributed by atoms with Crippen LogP contribution in [0.3, 0.4) is 0 Å². The zero-order valence-corrected chi connectivity index (χ0v) is 18.6. The molecule has 1 aromatic carbocycles. The van der Waals surface area contributed by atoms with Crippen molar-refractivity contribution in [2.24, 2.45) is 0 Å². The molecule has 0 aliphatic heterocycles. The molecule has 2 aromatic rings. The number of sulfonamides is 1. The second-order valence-corrected chi connectivity index (χ2v) is 9.74. The van der Waals surface area contributed by atoms with E-state index in [0.29, 0.717) is 16.7 Å². The second kappa shape index (κ2) is 9.35. The molecule has 0 fully saturated rings. The van der Waals surface area contributed by atoms with E-state index in [-0.39, 0.29) is 23.2 Å². The molecule has 0 unspecified atom stereocenters. The van der Waals surface area contributed by atoms with Gasteiger partial charge in [-0.15, -0.1) is 6.42 Å². The van der Waals surface area contributed by atoms with Gasteiger partial charge in [0.05, 0.1) is 17.5 Å². The summed E-state index contributed by atoms with van der Waals surface area (Å²) in [6.07, 6.45) is 9.09. The summed E-state index contributed by atoms with van der Waals surface area (Å²) < 4.78 is 39.1. The number of terminal acetylenes is 1. The van der Waals surface area contributed by atoms with Gasteiger partial charge in [0, 0.05) is 23.7 Å². The molecule has 1 heterocycles. The lowest BCUT2D eigenvalue weighted by Crippen LogP contribution is -2.22. The van der Waals surface area contributed by atoms with Crippen LogP contribution in [0, 0.1) is 18.2 Å². The summed E-state index contributed by atoms with van der Waals surface area (Å²) in [5, 5.41) is 2.61. The van der Waals surface area contributed by atoms with Crippen molar-refractivity contribution in [1.82, 2.24) is 10.3 Å². The van der Waals surface area contributed by atoms with Gasteiger partial charge in [0.2, 0.25) is 15.9 Å². The molecule has 2 N–H and O–H groups in total. The normalized spacial score (nSPS) is 11.9. The maximum Gasteiger partial charge on any atom is 0.244 e. The molecule has 1 aromatic heterocycles. The molecule has 1 amide bonds. The van der Waals surface area contributed by atoms with Crippen LogP contribution in [0.5, 0.6) is 0 Å². The number of nitrogens with zero attached hydrogens (tertiary/aromatic N) is 1. The van der Waals surface area contributed by atoms with Crippen LogP contribution in [0.2, 0.25) is 0 Å². The molecule has 9 heteroatoms. The minimum Gasteiger partial charge on any atom is -0.348 e. The van der Waals surface area contributed by atoms with E-state index in [0.717, 1.165) is 18.0 Å². The number of nitrogens with one attached hydrogen (secondary N) is 2. The predicted octanol–water partition coefficient (Wildman–Crippen LogP) is 1.99. The highest BCUT2D eigenvalue weighted by atomic mass is 32.2. The summed E-state index contributed by atoms with van der Waals surface area (Å²) in [5.74, 6) is 0.975. The third-order valence-electron chi connectivity index (χ3n) is 4.20. The lowest BCUT2D eigenvalue weighted by molar-refractivity contribution is -0.116. The van der Waals surface area contributed by atoms with Crippen LogP contribution in [0.1, 0.15) is 43.2 Å². The maximum atomic E-state index is 14.3. The van der Waals surface area contributed by atoms with Gasteiger partial charge in [-0.25, -0.2) is 12.8 Å². The van der Waals surface area contributed by atoms with Crippen molar-refractivity contribution in [3.05, 3.63) is 58.5 Å². The van der Waals surface area contributed by atoms with Gasteiger partial charge in [-0.2, -0.15) is 0 Å². The van der Waals surface area contributed by atoms with Crippen molar-refractivity contribution in [1.29, 1.82) is 0 Å². The Kier molecular flexibility index (Phi) is 7.29. The first-order valence-electron chi connectivity index (χ1n) is 9.30. The van der Waals surface area contributed by atoms with Gasteiger partial charge in [0.25, 0.3) is 0 Å². The Labute approximate surface area is 183 Å². The van der Waals surface area contributed by atoms with E-state index in [1.165, 1.54) is 18.2 Å². The van der Waals surface area contributed by atoms with Crippen molar-refractivity contribution in [2.75, 3.05) is 11.0 Å². The van der Waals surface area contributed by atoms with Gasteiger partial charge in [-0.1, -0.05) is 32.8 Å². The standard InChI is InChI=1S/C22H23BFN3O3S/c1-6-15-11-14(12-17(24)20(15)27-31(5,29)30)13-25-19(28)10-8-16-7-9-18(22(2,3)4)26-21(16)23/h1,7-12,27H,13H2,2-5H3,(H,25,28)/b10-8+. The van der Waals surface area contributed by atoms with Crippen LogP contribution in [-0.2, 0) is 26.8 Å². The molecule has 160 valence electrons. The average molecular weight is 439 g/mol. The largest absolute Gasteiger partial charge is 0.348 e. The Balaban J connectivity index is 2.09. The Morgan fingerprint density at radius 2 is 2.00 bits per heavy atom. The highest BCUT2D eigenvalue weighted by Crippen LogP contribution is 2.23. The molecule has 31 heavy (non-hydrogen) atoms. The first-order valence-corrected chi connectivity index (χ1v) is 11.2. The fraction of sp³-hybridized carbons (Fsp3) is 0.273. The minimum absolute atomic E-state index is 0.00930. The summed E-state index contributed by atoms with van der Waals surface area (Å²) in [6.45, 7) is 6.06. The van der Waals surface area contributed by atoms with Crippen LogP contribution in [-0.4, -0.2) is 33.4 Å². The number of hydrogen-bond acceptors (Lipinski definition) is 4. The van der Waals surface area contributed by atoms with Crippen LogP contribution in [0.25, 0.3) is 6.08 Å². The van der Waals surface area contributed by atoms with Crippen LogP contribution < -0.4 is 15.6 Å². The third kappa shape index (κ3) is 6.97. The Morgan fingerprint density at radius 3 is 2.55 bits per heavy atom. The number of carbonyl (C=O) groups excluding carboxylic acids is 1. The van der Waals surface area contributed by atoms with E-state index >= 15 is 0 Å². The molecule has 0 saturated heterocycles. The molecule has 0 saturated carbocycles. The summed E-state index contributed by atoms with van der Waals surface area (Å²) in [4.78, 5) is 16.5. The molecule has 2 radical (unpaired) electrons. The zero-order valence-electron chi connectivity index (χ0n) is 17.8. The van der Waals surface area contributed by atoms with Gasteiger partial charge in [0.15, 0.2) is 0 Å². The summed E-state index contributed by atoms with van der Waals surface area (Å²) >= 11 is 0. The Morgan fingerprint density at radius 1 is 1.32 bits per heavy atom. The van der Waals surface area contributed by atoms with E-state index < -0.39 is 21.7 Å². The topological polar surface area (TPSA) is 88.2 Å². The maximum absolute atomic E-state index is 14.3. The van der Waals surface area contributed by atoms with Crippen molar-refractivity contribution < 1.29 is 17.6 Å². The van der Waals surface area contributed by atoms with Crippen LogP contribution >= 0.6 is 0 Å². The van der Waals surface area contributed by atoms with Crippen molar-refractivity contribution >= 4 is 41.1 Å². The van der Waals surface area contributed by atoms with E-state index in [1.54, 1.807) is 6.07 Å². The SMILES string of the molecule is [B]c1nc(C(C)(C)C)ccc1/C=C/C(=O)NCc1cc(F)c(NS(C)(=O)=O)c(C#C)c1. The number of carbonyl (C=O) groups is 1. The first-order chi connectivity index (χ1) is 14.3. The number of hydrogen-bond donors (Lipinski definition) is 2. The highest BCUT2D eigenvalue weighted by molar-refractivity contribution is 7.92. The van der Waals surface area contributed by atoms with E-state index in [9.17, 15) is 17.6 Å². The fourth-order valence-electron chi connectivity index (χ4n) is 2.63. The summed E-state index contributed by atoms with van der Waals surface area (Å²) in [6, 6.07) is 6.16. The number of amides is 1. The molecule has 6 nitrogen and oxygen atoms in total. The summed E-state index contributed by atoms with van der Waals surface area (Å²) in [5.41, 5.74) is 1.71. The van der Waals surface area contributed by atoms with Crippen LogP contribution in [0.15, 0.2) is 30.3 Å². The van der Waals surface area contributed by atoms with Crippen LogP contribution in [0.4, 0.5) is 10.1 Å². The molecule has 0 aliphatic carbocycles. The number of pyridine rings is 1. The smallest absolute Gasteiger partial charge is 0.244 e. The first kappa shape index (κ1) is 24.2. The quantitative estimate of drug-likeness (QED) is 0.410. The highest BCUT2D eigenvalue weighted by Gasteiger charge is 2.16. The van der Waals surface area contributed by atoms with Gasteiger partial charge < -0.3 is 5.32 Å². The minimum atomic E-state index is -3.70. The van der Waals surface area contributed by atoms with Gasteiger partial charge in [-0.3, -0.25) is 14.5 Å². The molecule has 0 spiro atoms. The Hall–Kier alpha value is -3.12. The summed E-state index contributed by atoms with van der Waals surface area (Å²) in [7, 11) is 2.27. The van der Waals surface area contributed by atoms with Crippen molar-refractivity contribution in [3.63, 3.8) is 0 Å². The molecule has 0 atom stereocenters. The lowest BCUT2D eigenvalue weighted by atomic mass is 9.88. The molecule has 2 rings (SSSR count). The number of halogens is 1. The molecule has 0 bridgehead atoms. The average Bonchev–Trinajstić information content (AvgIpc) is 2.65. The van der Waals surface area contributed by atoms with Gasteiger partial charge in [0.1, 0.15) is 13.7 Å². The van der Waals surface area contributed by atoms with Crippen molar-refractivity contribution in [3.8, 4) is 12.3 Å². The van der Waals surface area contributed by atoms with E-state index in [1.807, 2.05) is 26.8 Å². The van der Waals surface area contributed by atoms with E-state index in [2.05, 4.69) is 20.9 Å². The van der Waals surface area contributed by atoms with E-state index in [4.69, 9.17) is 14.3 Å². The molecular formula is C22H23BFN3O3S. The van der Waals surface area contributed by atoms with Gasteiger partial charge in [-0.05, 0) is 41.0 Å². The fourth-order valence-corrected chi connectivity index (χ4v) is 3.20. The monoisotopic (exact) mass is 439 g/mol. The zero-order chi connectivity index (χ0) is 23.4. The van der Waals surface area contributed by atoms with Gasteiger partial charge >= 0.3 is 0 Å². The predicted molar refractivity (Wildman–Crippen MR) is 122 cm³/mol. The lowest BCUT2D eigenvalue weighted by Gasteiger charge is -2.18. The van der Waals surface area contributed by atoms with Crippen molar-refractivity contribution in [2.45, 2.75) is 32.7 Å². The number of rotatable bonds is 6. The molecular weight excluding hydrogens is 416 g/mol. The third-order valence-corrected chi connectivity index (χ3v) is 4.77. The Bertz CT molecular complexity index is 1180. The number of anilines is 1. The number of benzene rings is 1. The number of aromatic nitrogens is 1.